The molecule has 1 aliphatic heterocycles. The molecule has 0 amide bonds. The number of hydrogen-bond donors (Lipinski definition) is 0. The van der Waals surface area contributed by atoms with Gasteiger partial charge in [-0.05, 0) is 0 Å². The Morgan fingerprint density at radius 1 is 1.58 bits per heavy atom. The van der Waals surface area contributed by atoms with E-state index in [0.29, 0.717) is 5.69 Å². The Bertz CT molecular complexity index is 343. The van der Waals surface area contributed by atoms with Gasteiger partial charge >= 0.3 is 0 Å². The van der Waals surface area contributed by atoms with Crippen LogP contribution < -0.4 is 0 Å². The summed E-state index contributed by atoms with van der Waals surface area (Å²) >= 11 is 1.84. The molecular weight excluding hydrogens is 172 g/mol. The number of aryl methyl sites for hydroxylation is 1. The fourth-order valence-corrected chi connectivity index (χ4v) is 2.63. The van der Waals surface area contributed by atoms with Gasteiger partial charge in [-0.3, -0.25) is 9.48 Å². The van der Waals surface area contributed by atoms with Gasteiger partial charge in [-0.25, -0.2) is 0 Å². The van der Waals surface area contributed by atoms with Gasteiger partial charge in [-0.1, -0.05) is 0 Å². The second-order valence-corrected chi connectivity index (χ2v) is 3.93. The zero-order valence-electron chi connectivity index (χ0n) is 7.13. The highest BCUT2D eigenvalue weighted by Gasteiger charge is 2.23. The molecule has 0 radical (unpaired) electrons. The summed E-state index contributed by atoms with van der Waals surface area (Å²) in [5.74, 6) is 2.01. The van der Waals surface area contributed by atoms with E-state index in [9.17, 15) is 4.79 Å². The Hall–Kier alpha value is -0.770. The molecule has 1 aliphatic rings. The third-order valence-electron chi connectivity index (χ3n) is 2.09. The van der Waals surface area contributed by atoms with E-state index in [0.717, 1.165) is 17.1 Å². The summed E-state index contributed by atoms with van der Waals surface area (Å²) in [7, 11) is 1.90. The van der Waals surface area contributed by atoms with Crippen molar-refractivity contribution in [2.24, 2.45) is 7.05 Å². The maximum atomic E-state index is 11.1. The van der Waals surface area contributed by atoms with E-state index >= 15 is 0 Å². The van der Waals surface area contributed by atoms with Crippen LogP contribution in [0.25, 0.3) is 0 Å². The molecule has 12 heavy (non-hydrogen) atoms. The van der Waals surface area contributed by atoms with Gasteiger partial charge in [0.1, 0.15) is 5.69 Å². The van der Waals surface area contributed by atoms with Crippen molar-refractivity contribution < 1.29 is 4.79 Å². The second kappa shape index (κ2) is 2.62. The maximum Gasteiger partial charge on any atom is 0.180 e. The summed E-state index contributed by atoms with van der Waals surface area (Å²) in [4.78, 5) is 11.1. The van der Waals surface area contributed by atoms with Crippen LogP contribution in [0.5, 0.6) is 0 Å². The predicted octanol–water partition coefficient (Wildman–Crippen LogP) is 1.37. The minimum Gasteiger partial charge on any atom is -0.293 e. The molecule has 0 spiro atoms. The van der Waals surface area contributed by atoms with E-state index < -0.39 is 0 Å². The number of carbonyl (C=O) groups is 1. The lowest BCUT2D eigenvalue weighted by Crippen LogP contribution is -1.99. The summed E-state index contributed by atoms with van der Waals surface area (Å²) in [5, 5.41) is 4.19. The highest BCUT2D eigenvalue weighted by atomic mass is 32.2. The lowest BCUT2D eigenvalue weighted by molar-refractivity contribution is 0.101. The Labute approximate surface area is 75.1 Å². The fourth-order valence-electron chi connectivity index (χ4n) is 1.47. The van der Waals surface area contributed by atoms with Gasteiger partial charge in [0.2, 0.25) is 0 Å². The average Bonchev–Trinajstić information content (AvgIpc) is 2.53. The van der Waals surface area contributed by atoms with Crippen molar-refractivity contribution in [3.63, 3.8) is 0 Å². The number of rotatable bonds is 1. The van der Waals surface area contributed by atoms with Crippen molar-refractivity contribution in [2.75, 3.05) is 0 Å². The normalized spacial score (nSPS) is 14.8. The minimum atomic E-state index is 0.0781. The summed E-state index contributed by atoms with van der Waals surface area (Å²) in [6, 6.07) is 0. The van der Waals surface area contributed by atoms with E-state index in [1.807, 2.05) is 23.5 Å². The van der Waals surface area contributed by atoms with Crippen molar-refractivity contribution in [1.29, 1.82) is 0 Å². The van der Waals surface area contributed by atoms with Gasteiger partial charge in [0.05, 0.1) is 5.69 Å². The van der Waals surface area contributed by atoms with Crippen LogP contribution in [0.2, 0.25) is 0 Å². The van der Waals surface area contributed by atoms with Crippen LogP contribution in [0, 0.1) is 0 Å². The van der Waals surface area contributed by atoms with Crippen molar-refractivity contribution >= 4 is 17.5 Å². The molecule has 0 saturated carbocycles. The Kier molecular flexibility index (Phi) is 1.72. The smallest absolute Gasteiger partial charge is 0.180 e. The molecule has 0 fully saturated rings. The first-order valence-electron chi connectivity index (χ1n) is 3.83. The van der Waals surface area contributed by atoms with Crippen molar-refractivity contribution in [2.45, 2.75) is 18.4 Å². The van der Waals surface area contributed by atoms with E-state index in [2.05, 4.69) is 5.10 Å². The molecule has 0 bridgehead atoms. The molecule has 0 atom stereocenters. The second-order valence-electron chi connectivity index (χ2n) is 2.95. The van der Waals surface area contributed by atoms with Gasteiger partial charge < -0.3 is 0 Å². The minimum absolute atomic E-state index is 0.0781. The molecule has 2 heterocycles. The molecule has 64 valence electrons. The molecular formula is C8H10N2OS. The van der Waals surface area contributed by atoms with Gasteiger partial charge in [0.25, 0.3) is 0 Å². The first kappa shape index (κ1) is 7.86. The van der Waals surface area contributed by atoms with Crippen LogP contribution in [0.4, 0.5) is 0 Å². The van der Waals surface area contributed by atoms with Crippen LogP contribution in [0.3, 0.4) is 0 Å². The van der Waals surface area contributed by atoms with Gasteiger partial charge in [-0.15, -0.1) is 0 Å². The highest BCUT2D eigenvalue weighted by Crippen LogP contribution is 2.31. The molecule has 4 heteroatoms. The number of ketones is 1. The summed E-state index contributed by atoms with van der Waals surface area (Å²) in [5.41, 5.74) is 3.03. The number of hydrogen-bond acceptors (Lipinski definition) is 3. The third kappa shape index (κ3) is 0.982. The number of fused-ring (bicyclic) bond motifs is 1. The number of aromatic nitrogens is 2. The molecule has 0 aliphatic carbocycles. The monoisotopic (exact) mass is 182 g/mol. The van der Waals surface area contributed by atoms with Crippen molar-refractivity contribution in [1.82, 2.24) is 9.78 Å². The predicted molar refractivity (Wildman–Crippen MR) is 48.2 cm³/mol. The Morgan fingerprint density at radius 3 is 3.00 bits per heavy atom. The molecule has 3 nitrogen and oxygen atoms in total. The Balaban J connectivity index is 2.58. The number of Topliss-reactive ketones (excluding diaryl/α,β-unsaturated/α-hetero) is 1. The zero-order chi connectivity index (χ0) is 8.72. The van der Waals surface area contributed by atoms with Crippen LogP contribution in [0.15, 0.2) is 0 Å². The zero-order valence-corrected chi connectivity index (χ0v) is 7.94. The highest BCUT2D eigenvalue weighted by molar-refractivity contribution is 7.98. The van der Waals surface area contributed by atoms with E-state index in [1.165, 1.54) is 5.69 Å². The molecule has 2 rings (SSSR count). The third-order valence-corrected chi connectivity index (χ3v) is 3.06. The summed E-state index contributed by atoms with van der Waals surface area (Å²) in [6.07, 6.45) is 0. The van der Waals surface area contributed by atoms with E-state index in [-0.39, 0.29) is 5.78 Å². The average molecular weight is 182 g/mol. The molecule has 0 aromatic carbocycles. The van der Waals surface area contributed by atoms with Gasteiger partial charge in [-0.2, -0.15) is 16.9 Å². The standard InChI is InChI=1S/C8H10N2OS/c1-5(11)8-6-3-12-4-7(6)10(2)9-8/h3-4H2,1-2H3. The Morgan fingerprint density at radius 2 is 2.33 bits per heavy atom. The lowest BCUT2D eigenvalue weighted by Gasteiger charge is -1.92. The number of thioether (sulfide) groups is 1. The number of nitrogens with zero attached hydrogens (tertiary/aromatic N) is 2. The summed E-state index contributed by atoms with van der Waals surface area (Å²) in [6.45, 7) is 1.58. The first-order valence-corrected chi connectivity index (χ1v) is 4.99. The molecule has 0 unspecified atom stereocenters. The number of carbonyl (C=O) groups excluding carboxylic acids is 1. The maximum absolute atomic E-state index is 11.1. The quantitative estimate of drug-likeness (QED) is 0.615. The van der Waals surface area contributed by atoms with Crippen molar-refractivity contribution in [3.05, 3.63) is 17.0 Å². The van der Waals surface area contributed by atoms with E-state index in [1.54, 1.807) is 6.92 Å². The largest absolute Gasteiger partial charge is 0.293 e. The topological polar surface area (TPSA) is 34.9 Å². The van der Waals surface area contributed by atoms with Crippen LogP contribution in [-0.4, -0.2) is 15.6 Å². The van der Waals surface area contributed by atoms with Crippen LogP contribution >= 0.6 is 11.8 Å². The van der Waals surface area contributed by atoms with E-state index in [4.69, 9.17) is 0 Å². The molecule has 0 saturated heterocycles. The lowest BCUT2D eigenvalue weighted by atomic mass is 10.2. The van der Waals surface area contributed by atoms with Gasteiger partial charge in [0, 0.05) is 31.0 Å². The van der Waals surface area contributed by atoms with Crippen LogP contribution in [-0.2, 0) is 18.6 Å². The van der Waals surface area contributed by atoms with Crippen molar-refractivity contribution in [3.8, 4) is 0 Å². The fraction of sp³-hybridized carbons (Fsp3) is 0.500. The first-order chi connectivity index (χ1) is 5.70. The molecule has 1 aromatic rings. The molecule has 0 N–H and O–H groups in total. The van der Waals surface area contributed by atoms with Gasteiger partial charge in [0.15, 0.2) is 5.78 Å². The van der Waals surface area contributed by atoms with Crippen LogP contribution in [0.1, 0.15) is 28.7 Å². The molecule has 1 aromatic heterocycles. The summed E-state index contributed by atoms with van der Waals surface area (Å²) < 4.78 is 1.83. The SMILES string of the molecule is CC(=O)c1nn(C)c2c1CSC2.